The molecule has 1 aromatic carbocycles. The molecule has 2 nitrogen and oxygen atoms in total. The van der Waals surface area contributed by atoms with Crippen molar-refractivity contribution in [3.63, 3.8) is 0 Å². The van der Waals surface area contributed by atoms with E-state index in [0.29, 0.717) is 10.9 Å². The zero-order valence-electron chi connectivity index (χ0n) is 11.3. The van der Waals surface area contributed by atoms with E-state index in [1.54, 1.807) is 12.1 Å². The Morgan fingerprint density at radius 2 is 2.11 bits per heavy atom. The van der Waals surface area contributed by atoms with E-state index in [4.69, 9.17) is 0 Å². The van der Waals surface area contributed by atoms with Gasteiger partial charge in [-0.2, -0.15) is 0 Å². The van der Waals surface area contributed by atoms with Crippen LogP contribution in [0, 0.1) is 5.82 Å². The van der Waals surface area contributed by atoms with Gasteiger partial charge in [0.05, 0.1) is 10.8 Å². The molecule has 0 fully saturated rings. The Bertz CT molecular complexity index is 397. The second-order valence-corrected chi connectivity index (χ2v) is 6.53. The van der Waals surface area contributed by atoms with Crippen molar-refractivity contribution in [1.82, 2.24) is 5.32 Å². The van der Waals surface area contributed by atoms with Gasteiger partial charge in [-0.25, -0.2) is 4.39 Å². The van der Waals surface area contributed by atoms with Crippen LogP contribution in [0.25, 0.3) is 0 Å². The van der Waals surface area contributed by atoms with Gasteiger partial charge in [-0.05, 0) is 44.5 Å². The van der Waals surface area contributed by atoms with Gasteiger partial charge in [-0.3, -0.25) is 4.21 Å². The highest BCUT2D eigenvalue weighted by atomic mass is 32.2. The largest absolute Gasteiger partial charge is 0.314 e. The molecule has 0 radical (unpaired) electrons. The molecule has 3 unspecified atom stereocenters. The first-order valence-corrected chi connectivity index (χ1v) is 7.65. The Morgan fingerprint density at radius 3 is 2.72 bits per heavy atom. The molecule has 0 heterocycles. The van der Waals surface area contributed by atoms with Crippen LogP contribution in [0.4, 0.5) is 4.39 Å². The molecule has 0 amide bonds. The van der Waals surface area contributed by atoms with Gasteiger partial charge in [0.25, 0.3) is 0 Å². The van der Waals surface area contributed by atoms with E-state index >= 15 is 0 Å². The Morgan fingerprint density at radius 1 is 1.39 bits per heavy atom. The summed E-state index contributed by atoms with van der Waals surface area (Å²) in [6.45, 7) is 7.13. The third kappa shape index (κ3) is 4.86. The lowest BCUT2D eigenvalue weighted by Gasteiger charge is -2.18. The summed E-state index contributed by atoms with van der Waals surface area (Å²) in [6, 6.07) is 6.39. The van der Waals surface area contributed by atoms with Crippen LogP contribution in [-0.4, -0.2) is 22.0 Å². The van der Waals surface area contributed by atoms with Crippen molar-refractivity contribution in [1.29, 1.82) is 0 Å². The van der Waals surface area contributed by atoms with Crippen molar-refractivity contribution in [2.75, 3.05) is 6.54 Å². The summed E-state index contributed by atoms with van der Waals surface area (Å²) < 4.78 is 25.3. The Labute approximate surface area is 111 Å². The van der Waals surface area contributed by atoms with Crippen LogP contribution in [0.5, 0.6) is 0 Å². The van der Waals surface area contributed by atoms with Gasteiger partial charge < -0.3 is 5.32 Å². The van der Waals surface area contributed by atoms with Gasteiger partial charge in [-0.1, -0.05) is 19.9 Å². The monoisotopic (exact) mass is 271 g/mol. The molecule has 1 aromatic rings. The van der Waals surface area contributed by atoms with Crippen molar-refractivity contribution < 1.29 is 8.60 Å². The van der Waals surface area contributed by atoms with Gasteiger partial charge in [0.1, 0.15) is 5.82 Å². The van der Waals surface area contributed by atoms with Crippen LogP contribution in [-0.2, 0) is 10.8 Å². The zero-order chi connectivity index (χ0) is 13.5. The molecule has 0 spiro atoms. The van der Waals surface area contributed by atoms with Crippen molar-refractivity contribution in [3.8, 4) is 0 Å². The average Bonchev–Trinajstić information content (AvgIpc) is 2.35. The number of benzene rings is 1. The van der Waals surface area contributed by atoms with Crippen LogP contribution in [0.3, 0.4) is 0 Å². The maximum absolute atomic E-state index is 13.1. The minimum atomic E-state index is -1.14. The van der Waals surface area contributed by atoms with Gasteiger partial charge in [0.15, 0.2) is 0 Å². The first-order valence-electron chi connectivity index (χ1n) is 6.44. The number of hydrogen-bond acceptors (Lipinski definition) is 2. The molecule has 0 aliphatic carbocycles. The molecular weight excluding hydrogens is 249 g/mol. The average molecular weight is 271 g/mol. The molecule has 0 aromatic heterocycles. The first kappa shape index (κ1) is 15.3. The highest BCUT2D eigenvalue weighted by Gasteiger charge is 2.16. The molecule has 3 atom stereocenters. The number of halogens is 1. The van der Waals surface area contributed by atoms with Crippen molar-refractivity contribution in [2.45, 2.75) is 49.8 Å². The van der Waals surface area contributed by atoms with E-state index in [1.807, 2.05) is 6.92 Å². The second-order valence-electron chi connectivity index (χ2n) is 4.66. The topological polar surface area (TPSA) is 29.1 Å². The second kappa shape index (κ2) is 7.64. The van der Waals surface area contributed by atoms with Crippen molar-refractivity contribution in [2.24, 2.45) is 0 Å². The molecule has 0 bridgehead atoms. The molecule has 0 saturated carbocycles. The SMILES string of the molecule is CCCNC(C)CC(C)S(=O)c1cccc(F)c1. The highest BCUT2D eigenvalue weighted by molar-refractivity contribution is 7.85. The number of rotatable bonds is 7. The van der Waals surface area contributed by atoms with Gasteiger partial charge in [-0.15, -0.1) is 0 Å². The minimum absolute atomic E-state index is 0.0196. The zero-order valence-corrected chi connectivity index (χ0v) is 12.1. The summed E-state index contributed by atoms with van der Waals surface area (Å²) in [5.74, 6) is -0.329. The summed E-state index contributed by atoms with van der Waals surface area (Å²) in [6.07, 6.45) is 1.91. The third-order valence-corrected chi connectivity index (χ3v) is 4.46. The number of hydrogen-bond donors (Lipinski definition) is 1. The van der Waals surface area contributed by atoms with Crippen LogP contribution < -0.4 is 5.32 Å². The fraction of sp³-hybridized carbons (Fsp3) is 0.571. The lowest BCUT2D eigenvalue weighted by atomic mass is 10.2. The van der Waals surface area contributed by atoms with E-state index in [0.717, 1.165) is 19.4 Å². The molecular formula is C14H22FNOS. The van der Waals surface area contributed by atoms with E-state index in [9.17, 15) is 8.60 Å². The van der Waals surface area contributed by atoms with Crippen LogP contribution in [0.1, 0.15) is 33.6 Å². The summed E-state index contributed by atoms with van der Waals surface area (Å²) in [4.78, 5) is 0.574. The molecule has 0 aliphatic rings. The van der Waals surface area contributed by atoms with Crippen LogP contribution in [0.2, 0.25) is 0 Å². The van der Waals surface area contributed by atoms with Crippen LogP contribution >= 0.6 is 0 Å². The van der Waals surface area contributed by atoms with Crippen molar-refractivity contribution >= 4 is 10.8 Å². The summed E-state index contributed by atoms with van der Waals surface area (Å²) >= 11 is 0. The third-order valence-electron chi connectivity index (χ3n) is 2.82. The van der Waals surface area contributed by atoms with E-state index in [2.05, 4.69) is 19.2 Å². The molecule has 1 N–H and O–H groups in total. The molecule has 1 rings (SSSR count). The Hall–Kier alpha value is -0.740. The highest BCUT2D eigenvalue weighted by Crippen LogP contribution is 2.16. The predicted molar refractivity (Wildman–Crippen MR) is 74.6 cm³/mol. The molecule has 4 heteroatoms. The van der Waals surface area contributed by atoms with Gasteiger partial charge in [0.2, 0.25) is 0 Å². The Kier molecular flexibility index (Phi) is 6.50. The first-order chi connectivity index (χ1) is 8.54. The fourth-order valence-electron chi connectivity index (χ4n) is 1.88. The van der Waals surface area contributed by atoms with E-state index < -0.39 is 10.8 Å². The maximum Gasteiger partial charge on any atom is 0.124 e. The lowest BCUT2D eigenvalue weighted by Crippen LogP contribution is -2.31. The predicted octanol–water partition coefficient (Wildman–Crippen LogP) is 3.10. The molecule has 102 valence electrons. The smallest absolute Gasteiger partial charge is 0.124 e. The van der Waals surface area contributed by atoms with E-state index in [1.165, 1.54) is 12.1 Å². The molecule has 18 heavy (non-hydrogen) atoms. The Balaban J connectivity index is 2.56. The van der Waals surface area contributed by atoms with Gasteiger partial charge >= 0.3 is 0 Å². The summed E-state index contributed by atoms with van der Waals surface area (Å²) in [7, 11) is -1.14. The summed E-state index contributed by atoms with van der Waals surface area (Å²) in [5, 5.41) is 3.39. The quantitative estimate of drug-likeness (QED) is 0.825. The summed E-state index contributed by atoms with van der Waals surface area (Å²) in [5.41, 5.74) is 0. The number of nitrogens with one attached hydrogen (secondary N) is 1. The minimum Gasteiger partial charge on any atom is -0.314 e. The molecule has 0 saturated heterocycles. The molecule has 0 aliphatic heterocycles. The van der Waals surface area contributed by atoms with Gasteiger partial charge in [0, 0.05) is 16.2 Å². The van der Waals surface area contributed by atoms with Crippen LogP contribution in [0.15, 0.2) is 29.2 Å². The maximum atomic E-state index is 13.1. The van der Waals surface area contributed by atoms with Crippen molar-refractivity contribution in [3.05, 3.63) is 30.1 Å². The standard InChI is InChI=1S/C14H22FNOS/c1-4-8-16-11(2)9-12(3)18(17)14-7-5-6-13(15)10-14/h5-7,10-12,16H,4,8-9H2,1-3H3. The lowest BCUT2D eigenvalue weighted by molar-refractivity contribution is 0.508. The van der Waals surface area contributed by atoms with E-state index in [-0.39, 0.29) is 11.1 Å². The normalized spacial score (nSPS) is 16.2. The fourth-order valence-corrected chi connectivity index (χ4v) is 3.25.